The Morgan fingerprint density at radius 3 is 2.22 bits per heavy atom. The SMILES string of the molecule is Cc1ccc(S(=O)(=O)N2CCN(CC(=O)NCC3CNC3)CC2)cc1.Cl.Cl. The molecule has 27 heavy (non-hydrogen) atoms. The molecule has 0 atom stereocenters. The quantitative estimate of drug-likeness (QED) is 0.674. The molecule has 2 aliphatic heterocycles. The zero-order valence-electron chi connectivity index (χ0n) is 15.4. The smallest absolute Gasteiger partial charge is 0.243 e. The Bertz CT molecular complexity index is 703. The van der Waals surface area contributed by atoms with Gasteiger partial charge >= 0.3 is 0 Å². The molecule has 3 rings (SSSR count). The van der Waals surface area contributed by atoms with Crippen molar-refractivity contribution in [3.8, 4) is 0 Å². The summed E-state index contributed by atoms with van der Waals surface area (Å²) in [5, 5.41) is 6.13. The molecule has 2 heterocycles. The number of amides is 1. The largest absolute Gasteiger partial charge is 0.355 e. The number of hydrogen-bond acceptors (Lipinski definition) is 5. The molecule has 0 spiro atoms. The summed E-state index contributed by atoms with van der Waals surface area (Å²) in [6.07, 6.45) is 0. The summed E-state index contributed by atoms with van der Waals surface area (Å²) in [7, 11) is -3.45. The summed E-state index contributed by atoms with van der Waals surface area (Å²) >= 11 is 0. The van der Waals surface area contributed by atoms with Crippen LogP contribution in [0.2, 0.25) is 0 Å². The van der Waals surface area contributed by atoms with E-state index < -0.39 is 10.0 Å². The molecule has 7 nitrogen and oxygen atoms in total. The number of piperazine rings is 1. The average Bonchev–Trinajstić information content (AvgIpc) is 2.54. The summed E-state index contributed by atoms with van der Waals surface area (Å²) in [4.78, 5) is 14.3. The Labute approximate surface area is 173 Å². The molecule has 0 saturated carbocycles. The number of aryl methyl sites for hydroxylation is 1. The molecule has 2 saturated heterocycles. The fourth-order valence-electron chi connectivity index (χ4n) is 3.00. The van der Waals surface area contributed by atoms with Crippen molar-refractivity contribution in [1.29, 1.82) is 0 Å². The molecule has 1 amide bonds. The van der Waals surface area contributed by atoms with Gasteiger partial charge in [0, 0.05) is 51.7 Å². The van der Waals surface area contributed by atoms with Crippen molar-refractivity contribution in [2.75, 3.05) is 52.4 Å². The van der Waals surface area contributed by atoms with Gasteiger partial charge in [0.2, 0.25) is 15.9 Å². The van der Waals surface area contributed by atoms with Crippen molar-refractivity contribution in [3.05, 3.63) is 29.8 Å². The van der Waals surface area contributed by atoms with E-state index in [1.807, 2.05) is 24.0 Å². The number of nitrogens with one attached hydrogen (secondary N) is 2. The molecule has 2 N–H and O–H groups in total. The molecule has 154 valence electrons. The van der Waals surface area contributed by atoms with Gasteiger partial charge in [-0.15, -0.1) is 24.8 Å². The van der Waals surface area contributed by atoms with Crippen LogP contribution in [0.15, 0.2) is 29.2 Å². The second-order valence-electron chi connectivity index (χ2n) is 6.82. The van der Waals surface area contributed by atoms with Crippen LogP contribution in [0.25, 0.3) is 0 Å². The lowest BCUT2D eigenvalue weighted by molar-refractivity contribution is -0.122. The topological polar surface area (TPSA) is 81.8 Å². The number of sulfonamides is 1. The van der Waals surface area contributed by atoms with Gasteiger partial charge in [0.15, 0.2) is 0 Å². The van der Waals surface area contributed by atoms with Crippen LogP contribution in [-0.4, -0.2) is 75.9 Å². The lowest BCUT2D eigenvalue weighted by Crippen LogP contribution is -2.52. The first-order valence-electron chi connectivity index (χ1n) is 8.72. The first kappa shape index (κ1) is 24.1. The van der Waals surface area contributed by atoms with E-state index in [1.54, 1.807) is 12.1 Å². The molecular weight excluding hydrogens is 411 g/mol. The maximum absolute atomic E-state index is 12.7. The Hall–Kier alpha value is -0.900. The van der Waals surface area contributed by atoms with Crippen LogP contribution in [0.4, 0.5) is 0 Å². The van der Waals surface area contributed by atoms with E-state index in [9.17, 15) is 13.2 Å². The number of carbonyl (C=O) groups excluding carboxylic acids is 1. The van der Waals surface area contributed by atoms with Gasteiger partial charge < -0.3 is 10.6 Å². The van der Waals surface area contributed by atoms with E-state index in [-0.39, 0.29) is 30.7 Å². The molecule has 0 bridgehead atoms. The Morgan fingerprint density at radius 2 is 1.70 bits per heavy atom. The maximum Gasteiger partial charge on any atom is 0.243 e. The number of benzene rings is 1. The van der Waals surface area contributed by atoms with E-state index in [0.29, 0.717) is 50.1 Å². The average molecular weight is 439 g/mol. The lowest BCUT2D eigenvalue weighted by Gasteiger charge is -2.34. The van der Waals surface area contributed by atoms with Crippen LogP contribution in [0.1, 0.15) is 5.56 Å². The van der Waals surface area contributed by atoms with E-state index in [0.717, 1.165) is 18.7 Å². The van der Waals surface area contributed by atoms with Crippen LogP contribution in [-0.2, 0) is 14.8 Å². The monoisotopic (exact) mass is 438 g/mol. The molecule has 1 aromatic rings. The Morgan fingerprint density at radius 1 is 1.11 bits per heavy atom. The molecule has 0 unspecified atom stereocenters. The summed E-state index contributed by atoms with van der Waals surface area (Å²) in [6, 6.07) is 6.93. The Kier molecular flexibility index (Phi) is 9.47. The fourth-order valence-corrected chi connectivity index (χ4v) is 4.42. The van der Waals surface area contributed by atoms with Gasteiger partial charge in [0.1, 0.15) is 0 Å². The highest BCUT2D eigenvalue weighted by molar-refractivity contribution is 7.89. The molecule has 2 fully saturated rings. The first-order valence-corrected chi connectivity index (χ1v) is 10.2. The van der Waals surface area contributed by atoms with Gasteiger partial charge in [-0.05, 0) is 19.1 Å². The van der Waals surface area contributed by atoms with Gasteiger partial charge in [-0.25, -0.2) is 8.42 Å². The Balaban J connectivity index is 0.00000182. The third-order valence-corrected chi connectivity index (χ3v) is 6.72. The molecule has 0 radical (unpaired) electrons. The van der Waals surface area contributed by atoms with Crippen molar-refractivity contribution in [3.63, 3.8) is 0 Å². The molecular formula is C17H28Cl2N4O3S. The van der Waals surface area contributed by atoms with Crippen molar-refractivity contribution in [2.45, 2.75) is 11.8 Å². The zero-order chi connectivity index (χ0) is 17.9. The number of halogens is 2. The van der Waals surface area contributed by atoms with Crippen LogP contribution in [0.3, 0.4) is 0 Å². The van der Waals surface area contributed by atoms with Gasteiger partial charge in [0.05, 0.1) is 11.4 Å². The van der Waals surface area contributed by atoms with E-state index in [2.05, 4.69) is 10.6 Å². The van der Waals surface area contributed by atoms with Crippen LogP contribution < -0.4 is 10.6 Å². The molecule has 1 aromatic carbocycles. The highest BCUT2D eigenvalue weighted by Crippen LogP contribution is 2.18. The highest BCUT2D eigenvalue weighted by atomic mass is 35.5. The number of hydrogen-bond donors (Lipinski definition) is 2. The second kappa shape index (κ2) is 10.6. The van der Waals surface area contributed by atoms with Gasteiger partial charge in [-0.2, -0.15) is 4.31 Å². The summed E-state index contributed by atoms with van der Waals surface area (Å²) in [6.45, 7) is 6.89. The van der Waals surface area contributed by atoms with Crippen molar-refractivity contribution >= 4 is 40.7 Å². The third kappa shape index (κ3) is 6.30. The van der Waals surface area contributed by atoms with Crippen LogP contribution >= 0.6 is 24.8 Å². The third-order valence-electron chi connectivity index (χ3n) is 4.81. The van der Waals surface area contributed by atoms with Crippen molar-refractivity contribution < 1.29 is 13.2 Å². The second-order valence-corrected chi connectivity index (χ2v) is 8.76. The minimum absolute atomic E-state index is 0. The van der Waals surface area contributed by atoms with Crippen molar-refractivity contribution in [1.82, 2.24) is 19.8 Å². The number of rotatable bonds is 6. The molecule has 0 aliphatic carbocycles. The lowest BCUT2D eigenvalue weighted by atomic mass is 10.0. The van der Waals surface area contributed by atoms with E-state index >= 15 is 0 Å². The zero-order valence-corrected chi connectivity index (χ0v) is 17.8. The van der Waals surface area contributed by atoms with Crippen LogP contribution in [0, 0.1) is 12.8 Å². The minimum atomic E-state index is -3.45. The van der Waals surface area contributed by atoms with Crippen LogP contribution in [0.5, 0.6) is 0 Å². The summed E-state index contributed by atoms with van der Waals surface area (Å²) in [5.74, 6) is 0.558. The molecule has 2 aliphatic rings. The van der Waals surface area contributed by atoms with Gasteiger partial charge in [-0.3, -0.25) is 9.69 Å². The van der Waals surface area contributed by atoms with Gasteiger partial charge in [0.25, 0.3) is 0 Å². The number of carbonyl (C=O) groups is 1. The molecule has 0 aromatic heterocycles. The highest BCUT2D eigenvalue weighted by Gasteiger charge is 2.29. The van der Waals surface area contributed by atoms with E-state index in [1.165, 1.54) is 4.31 Å². The van der Waals surface area contributed by atoms with Gasteiger partial charge in [-0.1, -0.05) is 17.7 Å². The maximum atomic E-state index is 12.7. The predicted octanol–water partition coefficient (Wildman–Crippen LogP) is 0.481. The summed E-state index contributed by atoms with van der Waals surface area (Å²) in [5.41, 5.74) is 1.03. The summed E-state index contributed by atoms with van der Waals surface area (Å²) < 4.78 is 26.8. The predicted molar refractivity (Wildman–Crippen MR) is 110 cm³/mol. The minimum Gasteiger partial charge on any atom is -0.355 e. The molecule has 10 heteroatoms. The number of nitrogens with zero attached hydrogens (tertiary/aromatic N) is 2. The fraction of sp³-hybridized carbons (Fsp3) is 0.588. The van der Waals surface area contributed by atoms with E-state index in [4.69, 9.17) is 0 Å². The standard InChI is InChI=1S/C17H26N4O3S.2ClH/c1-14-2-4-16(5-3-14)25(23,24)21-8-6-20(7-9-21)13-17(22)19-12-15-10-18-11-15;;/h2-5,15,18H,6-13H2,1H3,(H,19,22);2*1H. The normalized spacial score (nSPS) is 18.7. The first-order chi connectivity index (χ1) is 11.9. The van der Waals surface area contributed by atoms with Crippen molar-refractivity contribution in [2.24, 2.45) is 5.92 Å².